The second kappa shape index (κ2) is 5.84. The molecule has 1 aliphatic heterocycles. The molecule has 2 fully saturated rings. The lowest BCUT2D eigenvalue weighted by molar-refractivity contribution is -0.148. The molecule has 1 aliphatic carbocycles. The van der Waals surface area contributed by atoms with Gasteiger partial charge in [0.2, 0.25) is 0 Å². The molecule has 2 amide bonds. The lowest BCUT2D eigenvalue weighted by atomic mass is 9.84. The number of amides is 2. The first-order chi connectivity index (χ1) is 9.49. The van der Waals surface area contributed by atoms with Crippen LogP contribution in [0.5, 0.6) is 0 Å². The monoisotopic (exact) mass is 300 g/mol. The average molecular weight is 300 g/mol. The Balaban J connectivity index is 1.99. The predicted octanol–water partition coefficient (Wildman–Crippen LogP) is 2.31. The van der Waals surface area contributed by atoms with E-state index in [0.717, 1.165) is 19.3 Å². The summed E-state index contributed by atoms with van der Waals surface area (Å²) in [5, 5.41) is 12.5. The minimum atomic E-state index is -1.00. The maximum atomic E-state index is 12.4. The molecule has 0 radical (unpaired) electrons. The molecule has 0 aromatic carbocycles. The number of urea groups is 1. The van der Waals surface area contributed by atoms with Gasteiger partial charge in [-0.3, -0.25) is 0 Å². The van der Waals surface area contributed by atoms with Gasteiger partial charge in [-0.05, 0) is 38.4 Å². The Morgan fingerprint density at radius 2 is 2.00 bits per heavy atom. The summed E-state index contributed by atoms with van der Waals surface area (Å²) in [6.45, 7) is 3.02. The fraction of sp³-hybridized carbons (Fsp3) is 0.857. The molecular formula is C14H24N2O3S. The minimum Gasteiger partial charge on any atom is -0.479 e. The molecule has 1 unspecified atom stereocenters. The topological polar surface area (TPSA) is 69.6 Å². The Hall–Kier alpha value is -0.910. The number of carboxylic acid groups (broad SMARTS) is 1. The first-order valence-corrected chi connectivity index (χ1v) is 8.56. The van der Waals surface area contributed by atoms with Gasteiger partial charge in [0.25, 0.3) is 0 Å². The summed E-state index contributed by atoms with van der Waals surface area (Å²) in [7, 11) is 0. The van der Waals surface area contributed by atoms with Gasteiger partial charge < -0.3 is 15.3 Å². The molecule has 1 heterocycles. The van der Waals surface area contributed by atoms with E-state index in [4.69, 9.17) is 0 Å². The van der Waals surface area contributed by atoms with E-state index < -0.39 is 11.5 Å². The zero-order valence-electron chi connectivity index (χ0n) is 12.3. The van der Waals surface area contributed by atoms with Gasteiger partial charge in [-0.1, -0.05) is 13.3 Å². The number of carbonyl (C=O) groups is 2. The number of rotatable bonds is 5. The minimum absolute atomic E-state index is 0.174. The Bertz CT molecular complexity index is 392. The summed E-state index contributed by atoms with van der Waals surface area (Å²) in [6.07, 6.45) is 7.34. The Morgan fingerprint density at radius 1 is 1.30 bits per heavy atom. The van der Waals surface area contributed by atoms with Gasteiger partial charge in [-0.2, -0.15) is 11.8 Å². The number of thioether (sulfide) groups is 1. The van der Waals surface area contributed by atoms with Gasteiger partial charge in [0.05, 0.1) is 0 Å². The SMILES string of the molecule is CCC1(C(=O)O)CCCN1C(=O)NCC1(SC)CCC1. The quantitative estimate of drug-likeness (QED) is 0.817. The van der Waals surface area contributed by atoms with Crippen molar-refractivity contribution in [1.29, 1.82) is 0 Å². The smallest absolute Gasteiger partial charge is 0.329 e. The third-order valence-electron chi connectivity index (χ3n) is 4.98. The Labute approximate surface area is 124 Å². The van der Waals surface area contributed by atoms with Crippen molar-refractivity contribution in [3.05, 3.63) is 0 Å². The maximum absolute atomic E-state index is 12.4. The summed E-state index contributed by atoms with van der Waals surface area (Å²) in [5.41, 5.74) is -1.00. The number of nitrogens with zero attached hydrogens (tertiary/aromatic N) is 1. The van der Waals surface area contributed by atoms with Gasteiger partial charge in [-0.25, -0.2) is 9.59 Å². The molecule has 2 N–H and O–H groups in total. The van der Waals surface area contributed by atoms with E-state index in [1.165, 1.54) is 11.3 Å². The molecule has 114 valence electrons. The lowest BCUT2D eigenvalue weighted by Gasteiger charge is -2.41. The molecule has 1 atom stereocenters. The normalized spacial score (nSPS) is 28.0. The predicted molar refractivity (Wildman–Crippen MR) is 80.1 cm³/mol. The summed E-state index contributed by atoms with van der Waals surface area (Å²) in [4.78, 5) is 25.5. The van der Waals surface area contributed by atoms with Crippen molar-refractivity contribution in [2.24, 2.45) is 0 Å². The Kier molecular flexibility index (Phi) is 4.52. The highest BCUT2D eigenvalue weighted by Crippen LogP contribution is 2.42. The number of likely N-dealkylation sites (tertiary alicyclic amines) is 1. The van der Waals surface area contributed by atoms with Crippen molar-refractivity contribution in [2.45, 2.75) is 55.7 Å². The van der Waals surface area contributed by atoms with Crippen molar-refractivity contribution in [2.75, 3.05) is 19.3 Å². The van der Waals surface area contributed by atoms with Crippen molar-refractivity contribution >= 4 is 23.8 Å². The van der Waals surface area contributed by atoms with Crippen LogP contribution in [0.4, 0.5) is 4.79 Å². The van der Waals surface area contributed by atoms with E-state index in [9.17, 15) is 14.7 Å². The highest BCUT2D eigenvalue weighted by molar-refractivity contribution is 8.00. The molecule has 0 bridgehead atoms. The van der Waals surface area contributed by atoms with Crippen LogP contribution in [0.2, 0.25) is 0 Å². The molecule has 2 rings (SSSR count). The van der Waals surface area contributed by atoms with Crippen LogP contribution in [0.3, 0.4) is 0 Å². The number of carbonyl (C=O) groups excluding carboxylic acids is 1. The van der Waals surface area contributed by atoms with Crippen LogP contribution in [0, 0.1) is 0 Å². The number of hydrogen-bond donors (Lipinski definition) is 2. The van der Waals surface area contributed by atoms with Gasteiger partial charge in [0.15, 0.2) is 0 Å². The maximum Gasteiger partial charge on any atom is 0.329 e. The molecular weight excluding hydrogens is 276 g/mol. The van der Waals surface area contributed by atoms with Crippen molar-refractivity contribution in [3.63, 3.8) is 0 Å². The molecule has 6 heteroatoms. The zero-order chi connectivity index (χ0) is 14.8. The molecule has 1 saturated heterocycles. The molecule has 1 saturated carbocycles. The highest BCUT2D eigenvalue weighted by Gasteiger charge is 2.49. The van der Waals surface area contributed by atoms with E-state index in [0.29, 0.717) is 25.9 Å². The van der Waals surface area contributed by atoms with Crippen molar-refractivity contribution in [1.82, 2.24) is 10.2 Å². The van der Waals surface area contributed by atoms with Crippen LogP contribution >= 0.6 is 11.8 Å². The fourth-order valence-corrected chi connectivity index (χ4v) is 4.19. The van der Waals surface area contributed by atoms with E-state index in [1.54, 1.807) is 11.8 Å². The summed E-state index contributed by atoms with van der Waals surface area (Å²) < 4.78 is 0.174. The van der Waals surface area contributed by atoms with Crippen LogP contribution in [-0.4, -0.2) is 51.6 Å². The standard InChI is InChI=1S/C14H24N2O3S/c1-3-14(11(17)18)8-5-9-16(14)12(19)15-10-13(20-2)6-4-7-13/h3-10H2,1-2H3,(H,15,19)(H,17,18). The first kappa shape index (κ1) is 15.5. The lowest BCUT2D eigenvalue weighted by Crippen LogP contribution is -2.57. The third kappa shape index (κ3) is 2.50. The Morgan fingerprint density at radius 3 is 2.45 bits per heavy atom. The van der Waals surface area contributed by atoms with Crippen LogP contribution in [0.1, 0.15) is 45.4 Å². The van der Waals surface area contributed by atoms with E-state index in [2.05, 4.69) is 11.6 Å². The second-order valence-corrected chi connectivity index (χ2v) is 7.12. The molecule has 5 nitrogen and oxygen atoms in total. The third-order valence-corrected chi connectivity index (χ3v) is 6.40. The second-order valence-electron chi connectivity index (χ2n) is 5.84. The van der Waals surface area contributed by atoms with Crippen LogP contribution in [0.15, 0.2) is 0 Å². The average Bonchev–Trinajstić information content (AvgIpc) is 2.82. The van der Waals surface area contributed by atoms with Crippen molar-refractivity contribution in [3.8, 4) is 0 Å². The van der Waals surface area contributed by atoms with Crippen LogP contribution in [0.25, 0.3) is 0 Å². The van der Waals surface area contributed by atoms with Gasteiger partial charge in [0.1, 0.15) is 5.54 Å². The number of hydrogen-bond acceptors (Lipinski definition) is 3. The van der Waals surface area contributed by atoms with E-state index >= 15 is 0 Å². The van der Waals surface area contributed by atoms with E-state index in [1.807, 2.05) is 6.92 Å². The summed E-state index contributed by atoms with van der Waals surface area (Å²) in [5.74, 6) is -0.879. The number of aliphatic carboxylic acids is 1. The molecule has 0 aromatic rings. The molecule has 20 heavy (non-hydrogen) atoms. The highest BCUT2D eigenvalue weighted by atomic mass is 32.2. The first-order valence-electron chi connectivity index (χ1n) is 7.34. The van der Waals surface area contributed by atoms with Crippen LogP contribution in [-0.2, 0) is 4.79 Å². The molecule has 0 aromatic heterocycles. The summed E-state index contributed by atoms with van der Waals surface area (Å²) in [6, 6.07) is -0.216. The fourth-order valence-electron chi connectivity index (χ4n) is 3.27. The summed E-state index contributed by atoms with van der Waals surface area (Å²) >= 11 is 1.81. The number of carboxylic acids is 1. The largest absolute Gasteiger partial charge is 0.479 e. The van der Waals surface area contributed by atoms with Crippen LogP contribution < -0.4 is 5.32 Å². The number of nitrogens with one attached hydrogen (secondary N) is 1. The van der Waals surface area contributed by atoms with Gasteiger partial charge >= 0.3 is 12.0 Å². The molecule has 2 aliphatic rings. The zero-order valence-corrected chi connectivity index (χ0v) is 13.1. The van der Waals surface area contributed by atoms with Gasteiger partial charge in [-0.15, -0.1) is 0 Å². The molecule has 0 spiro atoms. The van der Waals surface area contributed by atoms with Gasteiger partial charge in [0, 0.05) is 17.8 Å². The van der Waals surface area contributed by atoms with E-state index in [-0.39, 0.29) is 10.8 Å². The van der Waals surface area contributed by atoms with Crippen molar-refractivity contribution < 1.29 is 14.7 Å².